The Bertz CT molecular complexity index is 949. The Balaban J connectivity index is 1.33. The van der Waals surface area contributed by atoms with Crippen LogP contribution in [0.1, 0.15) is 48.8 Å². The summed E-state index contributed by atoms with van der Waals surface area (Å²) in [6.07, 6.45) is 3.07. The Morgan fingerprint density at radius 3 is 2.56 bits per heavy atom. The van der Waals surface area contributed by atoms with Gasteiger partial charge in [-0.2, -0.15) is 0 Å². The Morgan fingerprint density at radius 2 is 1.78 bits per heavy atom. The molecule has 0 saturated carbocycles. The van der Waals surface area contributed by atoms with Gasteiger partial charge in [0.05, 0.1) is 0 Å². The highest BCUT2D eigenvalue weighted by Crippen LogP contribution is 2.31. The number of aliphatic imine (C=N–C) groups is 1. The fraction of sp³-hybridized carbons (Fsp3) is 0.462. The molecule has 2 heterocycles. The van der Waals surface area contributed by atoms with Crippen LogP contribution in [0.15, 0.2) is 53.5 Å². The molecule has 2 aliphatic heterocycles. The maximum absolute atomic E-state index is 12.1. The quantitative estimate of drug-likeness (QED) is 0.480. The summed E-state index contributed by atoms with van der Waals surface area (Å²) in [6, 6.07) is 16.7. The van der Waals surface area contributed by atoms with E-state index in [1.165, 1.54) is 42.6 Å². The standard InChI is InChI=1S/C26H35N5O/c1-19-11-13-31(14-12-19)18-21-8-4-3-7-20(21)16-28-26(27-2)29-17-22-15-25(32)30-24-10-6-5-9-23(22)24/h3-10,19,22H,11-18H2,1-2H3,(H,30,32)(H2,27,28,29). The predicted molar refractivity (Wildman–Crippen MR) is 131 cm³/mol. The molecular formula is C26H35N5O. The summed E-state index contributed by atoms with van der Waals surface area (Å²) in [5.41, 5.74) is 4.77. The lowest BCUT2D eigenvalue weighted by atomic mass is 9.90. The molecule has 1 saturated heterocycles. The Morgan fingerprint density at radius 1 is 1.06 bits per heavy atom. The molecule has 1 amide bonds. The van der Waals surface area contributed by atoms with Gasteiger partial charge in [-0.25, -0.2) is 0 Å². The van der Waals surface area contributed by atoms with Gasteiger partial charge < -0.3 is 16.0 Å². The Hall–Kier alpha value is -2.86. The van der Waals surface area contributed by atoms with E-state index in [0.717, 1.165) is 30.7 Å². The first kappa shape index (κ1) is 22.3. The van der Waals surface area contributed by atoms with Crippen molar-refractivity contribution in [2.75, 3.05) is 32.0 Å². The molecule has 2 aromatic rings. The van der Waals surface area contributed by atoms with Gasteiger partial charge in [0.15, 0.2) is 5.96 Å². The number of nitrogens with zero attached hydrogens (tertiary/aromatic N) is 2. The SMILES string of the molecule is CN=C(NCc1ccccc1CN1CCC(C)CC1)NCC1CC(=O)Nc2ccccc21. The van der Waals surface area contributed by atoms with Crippen LogP contribution in [0.4, 0.5) is 5.69 Å². The Kier molecular flexibility index (Phi) is 7.43. The highest BCUT2D eigenvalue weighted by Gasteiger charge is 2.24. The smallest absolute Gasteiger partial charge is 0.225 e. The average molecular weight is 434 g/mol. The van der Waals surface area contributed by atoms with Gasteiger partial charge in [-0.3, -0.25) is 14.7 Å². The van der Waals surface area contributed by atoms with E-state index in [9.17, 15) is 4.79 Å². The fourth-order valence-corrected chi connectivity index (χ4v) is 4.65. The lowest BCUT2D eigenvalue weighted by Gasteiger charge is -2.30. The number of nitrogens with one attached hydrogen (secondary N) is 3. The molecule has 2 aliphatic rings. The topological polar surface area (TPSA) is 68.8 Å². The van der Waals surface area contributed by atoms with Crippen LogP contribution in [0.2, 0.25) is 0 Å². The van der Waals surface area contributed by atoms with Gasteiger partial charge in [-0.1, -0.05) is 49.4 Å². The van der Waals surface area contributed by atoms with Gasteiger partial charge >= 0.3 is 0 Å². The van der Waals surface area contributed by atoms with Crippen LogP contribution < -0.4 is 16.0 Å². The van der Waals surface area contributed by atoms with E-state index in [4.69, 9.17) is 0 Å². The first-order chi connectivity index (χ1) is 15.6. The number of carbonyl (C=O) groups excluding carboxylic acids is 1. The summed E-state index contributed by atoms with van der Waals surface area (Å²) in [4.78, 5) is 19.1. The van der Waals surface area contributed by atoms with Gasteiger partial charge in [0.2, 0.25) is 5.91 Å². The van der Waals surface area contributed by atoms with Crippen LogP contribution in [-0.4, -0.2) is 43.4 Å². The molecule has 0 radical (unpaired) electrons. The average Bonchev–Trinajstić information content (AvgIpc) is 2.81. The molecule has 32 heavy (non-hydrogen) atoms. The monoisotopic (exact) mass is 433 g/mol. The molecule has 1 fully saturated rings. The van der Waals surface area contributed by atoms with Crippen molar-refractivity contribution in [3.63, 3.8) is 0 Å². The fourth-order valence-electron chi connectivity index (χ4n) is 4.65. The molecule has 6 heteroatoms. The lowest BCUT2D eigenvalue weighted by Crippen LogP contribution is -2.40. The molecule has 170 valence electrons. The molecule has 0 spiro atoms. The number of amides is 1. The number of anilines is 1. The minimum absolute atomic E-state index is 0.0690. The summed E-state index contributed by atoms with van der Waals surface area (Å²) in [7, 11) is 1.79. The third-order valence-corrected chi connectivity index (χ3v) is 6.68. The number of piperidine rings is 1. The van der Waals surface area contributed by atoms with Crippen molar-refractivity contribution in [3.8, 4) is 0 Å². The van der Waals surface area contributed by atoms with Crippen LogP contribution in [0.5, 0.6) is 0 Å². The van der Waals surface area contributed by atoms with Crippen molar-refractivity contribution in [1.82, 2.24) is 15.5 Å². The number of likely N-dealkylation sites (tertiary alicyclic amines) is 1. The van der Waals surface area contributed by atoms with E-state index >= 15 is 0 Å². The van der Waals surface area contributed by atoms with Gasteiger partial charge in [0, 0.05) is 44.7 Å². The first-order valence-electron chi connectivity index (χ1n) is 11.7. The maximum Gasteiger partial charge on any atom is 0.225 e. The van der Waals surface area contributed by atoms with Crippen LogP contribution in [0.3, 0.4) is 0 Å². The minimum Gasteiger partial charge on any atom is -0.356 e. The third-order valence-electron chi connectivity index (χ3n) is 6.68. The van der Waals surface area contributed by atoms with Crippen molar-refractivity contribution >= 4 is 17.6 Å². The second kappa shape index (κ2) is 10.6. The number of benzene rings is 2. The molecule has 4 rings (SSSR count). The van der Waals surface area contributed by atoms with Gasteiger partial charge in [-0.05, 0) is 54.6 Å². The lowest BCUT2D eigenvalue weighted by molar-refractivity contribution is -0.116. The van der Waals surface area contributed by atoms with Crippen molar-refractivity contribution in [2.24, 2.45) is 10.9 Å². The number of hydrogen-bond donors (Lipinski definition) is 3. The minimum atomic E-state index is 0.0690. The van der Waals surface area contributed by atoms with E-state index in [1.54, 1.807) is 7.05 Å². The maximum atomic E-state index is 12.1. The summed E-state index contributed by atoms with van der Waals surface area (Å²) >= 11 is 0. The third kappa shape index (κ3) is 5.68. The zero-order valence-corrected chi connectivity index (χ0v) is 19.2. The molecule has 3 N–H and O–H groups in total. The molecule has 1 unspecified atom stereocenters. The molecule has 2 aromatic carbocycles. The zero-order chi connectivity index (χ0) is 22.3. The molecular weight excluding hydrogens is 398 g/mol. The van der Waals surface area contributed by atoms with Crippen LogP contribution in [-0.2, 0) is 17.9 Å². The number of carbonyl (C=O) groups is 1. The summed E-state index contributed by atoms with van der Waals surface area (Å²) < 4.78 is 0. The summed E-state index contributed by atoms with van der Waals surface area (Å²) in [5, 5.41) is 9.85. The number of guanidine groups is 1. The largest absolute Gasteiger partial charge is 0.356 e. The molecule has 6 nitrogen and oxygen atoms in total. The summed E-state index contributed by atoms with van der Waals surface area (Å²) in [6.45, 7) is 7.11. The molecule has 1 atom stereocenters. The van der Waals surface area contributed by atoms with E-state index in [-0.39, 0.29) is 11.8 Å². The Labute approximate surface area is 191 Å². The van der Waals surface area contributed by atoms with E-state index in [0.29, 0.717) is 13.0 Å². The second-order valence-corrected chi connectivity index (χ2v) is 9.07. The van der Waals surface area contributed by atoms with Crippen molar-refractivity contribution < 1.29 is 4.79 Å². The molecule has 0 aromatic heterocycles. The molecule has 0 aliphatic carbocycles. The van der Waals surface area contributed by atoms with Gasteiger partial charge in [0.1, 0.15) is 0 Å². The van der Waals surface area contributed by atoms with Crippen LogP contribution in [0, 0.1) is 5.92 Å². The number of fused-ring (bicyclic) bond motifs is 1. The number of rotatable bonds is 6. The zero-order valence-electron chi connectivity index (χ0n) is 19.2. The van der Waals surface area contributed by atoms with Crippen LogP contribution in [0.25, 0.3) is 0 Å². The number of para-hydroxylation sites is 1. The number of hydrogen-bond acceptors (Lipinski definition) is 3. The molecule has 0 bridgehead atoms. The second-order valence-electron chi connectivity index (χ2n) is 9.07. The summed E-state index contributed by atoms with van der Waals surface area (Å²) in [5.74, 6) is 1.81. The van der Waals surface area contributed by atoms with Gasteiger partial charge in [0.25, 0.3) is 0 Å². The van der Waals surface area contributed by atoms with Crippen molar-refractivity contribution in [3.05, 3.63) is 65.2 Å². The van der Waals surface area contributed by atoms with Gasteiger partial charge in [-0.15, -0.1) is 0 Å². The normalized spacial score (nSPS) is 19.9. The first-order valence-corrected chi connectivity index (χ1v) is 11.7. The van der Waals surface area contributed by atoms with Crippen molar-refractivity contribution in [1.29, 1.82) is 0 Å². The van der Waals surface area contributed by atoms with E-state index in [1.807, 2.05) is 18.2 Å². The van der Waals surface area contributed by atoms with Crippen LogP contribution >= 0.6 is 0 Å². The van der Waals surface area contributed by atoms with E-state index < -0.39 is 0 Å². The van der Waals surface area contributed by atoms with Crippen molar-refractivity contribution in [2.45, 2.75) is 45.2 Å². The highest BCUT2D eigenvalue weighted by atomic mass is 16.1. The predicted octanol–water partition coefficient (Wildman–Crippen LogP) is 3.71. The van der Waals surface area contributed by atoms with E-state index in [2.05, 4.69) is 63.1 Å². The highest BCUT2D eigenvalue weighted by molar-refractivity contribution is 5.94.